The van der Waals surface area contributed by atoms with Gasteiger partial charge in [-0.3, -0.25) is 0 Å². The minimum absolute atomic E-state index is 0.904. The molecule has 0 aromatic carbocycles. The number of hydrogen-bond donors (Lipinski definition) is 2. The fourth-order valence-corrected chi connectivity index (χ4v) is 2.75. The van der Waals surface area contributed by atoms with Crippen LogP contribution in [0.2, 0.25) is 0 Å². The van der Waals surface area contributed by atoms with Gasteiger partial charge < -0.3 is 10.6 Å². The van der Waals surface area contributed by atoms with Gasteiger partial charge in [-0.25, -0.2) is 9.97 Å². The molecule has 1 aromatic rings. The van der Waals surface area contributed by atoms with Crippen molar-refractivity contribution in [1.29, 1.82) is 0 Å². The highest BCUT2D eigenvalue weighted by molar-refractivity contribution is 5.47. The van der Waals surface area contributed by atoms with E-state index in [1.54, 1.807) is 0 Å². The number of aromatic nitrogens is 2. The number of anilines is 2. The van der Waals surface area contributed by atoms with Crippen molar-refractivity contribution in [3.8, 4) is 0 Å². The molecule has 2 rings (SSSR count). The van der Waals surface area contributed by atoms with Crippen molar-refractivity contribution in [1.82, 2.24) is 9.97 Å². The van der Waals surface area contributed by atoms with Gasteiger partial charge in [0.05, 0.1) is 0 Å². The molecule has 0 saturated heterocycles. The maximum atomic E-state index is 4.57. The fourth-order valence-electron chi connectivity index (χ4n) is 2.75. The molecule has 1 aromatic heterocycles. The first kappa shape index (κ1) is 14.1. The molecule has 1 saturated carbocycles. The van der Waals surface area contributed by atoms with Crippen LogP contribution in [-0.2, 0) is 6.42 Å². The molecule has 19 heavy (non-hydrogen) atoms. The Labute approximate surface area is 116 Å². The molecule has 0 unspecified atom stereocenters. The van der Waals surface area contributed by atoms with E-state index in [2.05, 4.69) is 27.5 Å². The summed E-state index contributed by atoms with van der Waals surface area (Å²) in [5.41, 5.74) is 0. The zero-order valence-corrected chi connectivity index (χ0v) is 12.2. The second-order valence-electron chi connectivity index (χ2n) is 5.42. The van der Waals surface area contributed by atoms with E-state index in [1.165, 1.54) is 32.1 Å². The van der Waals surface area contributed by atoms with Gasteiger partial charge >= 0.3 is 0 Å². The third-order valence-corrected chi connectivity index (χ3v) is 3.84. The Morgan fingerprint density at radius 3 is 2.63 bits per heavy atom. The normalized spacial score (nSPS) is 15.7. The molecule has 1 heterocycles. The Morgan fingerprint density at radius 2 is 1.95 bits per heavy atom. The Kier molecular flexibility index (Phi) is 5.43. The summed E-state index contributed by atoms with van der Waals surface area (Å²) >= 11 is 0. The van der Waals surface area contributed by atoms with Crippen LogP contribution in [-0.4, -0.2) is 23.6 Å². The summed E-state index contributed by atoms with van der Waals surface area (Å²) in [6, 6.07) is 1.99. The standard InChI is InChI=1S/C15H26N4/c1-3-6-13-18-14(16-2)11-15(19-13)17-10-9-12-7-4-5-8-12/h11-12H,3-10H2,1-2H3,(H2,16,17,18,19). The predicted molar refractivity (Wildman–Crippen MR) is 80.6 cm³/mol. The lowest BCUT2D eigenvalue weighted by atomic mass is 10.0. The van der Waals surface area contributed by atoms with Gasteiger partial charge in [0.25, 0.3) is 0 Å². The molecule has 106 valence electrons. The number of nitrogens with one attached hydrogen (secondary N) is 2. The van der Waals surface area contributed by atoms with Gasteiger partial charge in [-0.05, 0) is 18.8 Å². The van der Waals surface area contributed by atoms with E-state index in [0.717, 1.165) is 42.8 Å². The van der Waals surface area contributed by atoms with Gasteiger partial charge in [0.2, 0.25) is 0 Å². The molecule has 4 nitrogen and oxygen atoms in total. The number of aryl methyl sites for hydroxylation is 1. The molecular formula is C15H26N4. The summed E-state index contributed by atoms with van der Waals surface area (Å²) in [6.07, 6.45) is 8.94. The monoisotopic (exact) mass is 262 g/mol. The first-order valence-electron chi connectivity index (χ1n) is 7.61. The van der Waals surface area contributed by atoms with Crippen molar-refractivity contribution in [2.75, 3.05) is 24.2 Å². The summed E-state index contributed by atoms with van der Waals surface area (Å²) in [4.78, 5) is 9.04. The Morgan fingerprint density at radius 1 is 1.21 bits per heavy atom. The third kappa shape index (κ3) is 4.37. The summed E-state index contributed by atoms with van der Waals surface area (Å²) in [7, 11) is 1.90. The van der Waals surface area contributed by atoms with Crippen molar-refractivity contribution in [2.45, 2.75) is 51.9 Å². The van der Waals surface area contributed by atoms with Crippen molar-refractivity contribution in [3.05, 3.63) is 11.9 Å². The van der Waals surface area contributed by atoms with Crippen LogP contribution >= 0.6 is 0 Å². The van der Waals surface area contributed by atoms with Crippen molar-refractivity contribution >= 4 is 11.6 Å². The fraction of sp³-hybridized carbons (Fsp3) is 0.733. The maximum absolute atomic E-state index is 4.57. The topological polar surface area (TPSA) is 49.8 Å². The van der Waals surface area contributed by atoms with E-state index < -0.39 is 0 Å². The van der Waals surface area contributed by atoms with Gasteiger partial charge in [0.1, 0.15) is 17.5 Å². The summed E-state index contributed by atoms with van der Waals surface area (Å²) < 4.78 is 0. The number of nitrogens with zero attached hydrogens (tertiary/aromatic N) is 2. The Balaban J connectivity index is 1.88. The van der Waals surface area contributed by atoms with Gasteiger partial charge in [-0.15, -0.1) is 0 Å². The minimum atomic E-state index is 0.904. The van der Waals surface area contributed by atoms with Gasteiger partial charge in [-0.1, -0.05) is 32.6 Å². The number of rotatable bonds is 7. The summed E-state index contributed by atoms with van der Waals surface area (Å²) in [5.74, 6) is 3.72. The molecule has 0 aliphatic heterocycles. The first-order chi connectivity index (χ1) is 9.31. The predicted octanol–water partition coefficient (Wildman–Crippen LogP) is 3.46. The van der Waals surface area contributed by atoms with Crippen molar-refractivity contribution in [3.63, 3.8) is 0 Å². The zero-order valence-electron chi connectivity index (χ0n) is 12.2. The second kappa shape index (κ2) is 7.31. The van der Waals surface area contributed by atoms with Gasteiger partial charge in [0, 0.05) is 26.1 Å². The molecule has 1 aliphatic rings. The highest BCUT2D eigenvalue weighted by Crippen LogP contribution is 2.27. The zero-order chi connectivity index (χ0) is 13.5. The van der Waals surface area contributed by atoms with Crippen molar-refractivity contribution < 1.29 is 0 Å². The molecule has 0 radical (unpaired) electrons. The van der Waals surface area contributed by atoms with E-state index in [9.17, 15) is 0 Å². The minimum Gasteiger partial charge on any atom is -0.373 e. The highest BCUT2D eigenvalue weighted by atomic mass is 15.1. The van der Waals surface area contributed by atoms with Crippen LogP contribution in [0.3, 0.4) is 0 Å². The highest BCUT2D eigenvalue weighted by Gasteiger charge is 2.14. The lowest BCUT2D eigenvalue weighted by molar-refractivity contribution is 0.518. The molecule has 1 fully saturated rings. The average Bonchev–Trinajstić information content (AvgIpc) is 2.92. The molecule has 0 amide bonds. The van der Waals surface area contributed by atoms with Crippen LogP contribution in [0.4, 0.5) is 11.6 Å². The van der Waals surface area contributed by atoms with Crippen LogP contribution < -0.4 is 10.6 Å². The van der Waals surface area contributed by atoms with Crippen LogP contribution in [0.5, 0.6) is 0 Å². The SMILES string of the molecule is CCCc1nc(NC)cc(NCCC2CCCC2)n1. The van der Waals surface area contributed by atoms with Crippen LogP contribution in [0.25, 0.3) is 0 Å². The van der Waals surface area contributed by atoms with E-state index in [4.69, 9.17) is 0 Å². The lowest BCUT2D eigenvalue weighted by Crippen LogP contribution is -2.10. The largest absolute Gasteiger partial charge is 0.373 e. The summed E-state index contributed by atoms with van der Waals surface area (Å²) in [5, 5.41) is 6.56. The molecule has 2 N–H and O–H groups in total. The second-order valence-corrected chi connectivity index (χ2v) is 5.42. The van der Waals surface area contributed by atoms with Crippen LogP contribution in [0.15, 0.2) is 6.07 Å². The molecule has 0 bridgehead atoms. The Bertz CT molecular complexity index is 386. The number of hydrogen-bond acceptors (Lipinski definition) is 4. The molecular weight excluding hydrogens is 236 g/mol. The first-order valence-corrected chi connectivity index (χ1v) is 7.61. The molecule has 4 heteroatoms. The molecule has 0 spiro atoms. The summed E-state index contributed by atoms with van der Waals surface area (Å²) in [6.45, 7) is 3.18. The van der Waals surface area contributed by atoms with E-state index in [1.807, 2.05) is 13.1 Å². The van der Waals surface area contributed by atoms with Gasteiger partial charge in [0.15, 0.2) is 0 Å². The van der Waals surface area contributed by atoms with Crippen LogP contribution in [0, 0.1) is 5.92 Å². The lowest BCUT2D eigenvalue weighted by Gasteiger charge is -2.12. The Hall–Kier alpha value is -1.32. The smallest absolute Gasteiger partial charge is 0.133 e. The van der Waals surface area contributed by atoms with Crippen LogP contribution in [0.1, 0.15) is 51.3 Å². The van der Waals surface area contributed by atoms with E-state index in [-0.39, 0.29) is 0 Å². The molecule has 0 atom stereocenters. The maximum Gasteiger partial charge on any atom is 0.133 e. The average molecular weight is 262 g/mol. The van der Waals surface area contributed by atoms with E-state index >= 15 is 0 Å². The van der Waals surface area contributed by atoms with E-state index in [0.29, 0.717) is 0 Å². The van der Waals surface area contributed by atoms with Crippen molar-refractivity contribution in [2.24, 2.45) is 5.92 Å². The third-order valence-electron chi connectivity index (χ3n) is 3.84. The quantitative estimate of drug-likeness (QED) is 0.790. The molecule has 1 aliphatic carbocycles. The van der Waals surface area contributed by atoms with Gasteiger partial charge in [-0.2, -0.15) is 0 Å².